The number of amides is 3. The minimum Gasteiger partial charge on any atom is -0.446 e. The minimum atomic E-state index is -1.03. The molecule has 0 spiro atoms. The van der Waals surface area contributed by atoms with Gasteiger partial charge in [0.15, 0.2) is 11.6 Å². The Morgan fingerprint density at radius 3 is 2.57 bits per heavy atom. The fourth-order valence-electron chi connectivity index (χ4n) is 5.45. The Bertz CT molecular complexity index is 1050. The van der Waals surface area contributed by atoms with Gasteiger partial charge in [0.05, 0.1) is 0 Å². The molecule has 35 heavy (non-hydrogen) atoms. The van der Waals surface area contributed by atoms with Crippen molar-refractivity contribution in [3.8, 4) is 0 Å². The number of imide groups is 1. The molecule has 3 heterocycles. The summed E-state index contributed by atoms with van der Waals surface area (Å²) in [5, 5.41) is 2.95. The van der Waals surface area contributed by atoms with Gasteiger partial charge >= 0.3 is 12.1 Å². The molecule has 1 aliphatic carbocycles. The van der Waals surface area contributed by atoms with Crippen LogP contribution >= 0.6 is 12.4 Å². The van der Waals surface area contributed by atoms with Crippen LogP contribution in [0.4, 0.5) is 18.4 Å². The van der Waals surface area contributed by atoms with Crippen LogP contribution in [-0.4, -0.2) is 58.7 Å². The zero-order chi connectivity index (χ0) is 23.7. The molecule has 2 aromatic rings. The van der Waals surface area contributed by atoms with Crippen LogP contribution in [0.1, 0.15) is 55.3 Å². The Balaban J connectivity index is 0.00000289. The number of cyclic esters (lactones) is 1. The Morgan fingerprint density at radius 1 is 1.06 bits per heavy atom. The molecule has 0 radical (unpaired) electrons. The maximum Gasteiger partial charge on any atom is 0.418 e. The van der Waals surface area contributed by atoms with Crippen molar-refractivity contribution < 1.29 is 23.1 Å². The van der Waals surface area contributed by atoms with Crippen LogP contribution in [0.15, 0.2) is 42.6 Å². The highest BCUT2D eigenvalue weighted by molar-refractivity contribution is 5.92. The van der Waals surface area contributed by atoms with Crippen LogP contribution in [0.25, 0.3) is 0 Å². The third-order valence-electron chi connectivity index (χ3n) is 7.29. The monoisotopic (exact) mass is 506 g/mol. The molecule has 1 aromatic heterocycles. The molecule has 188 valence electrons. The second kappa shape index (κ2) is 10.9. The highest BCUT2D eigenvalue weighted by Gasteiger charge is 2.41. The Hall–Kier alpha value is -2.78. The second-order valence-corrected chi connectivity index (χ2v) is 9.33. The second-order valence-electron chi connectivity index (χ2n) is 9.33. The normalized spacial score (nSPS) is 26.8. The van der Waals surface area contributed by atoms with Crippen LogP contribution in [0, 0.1) is 11.6 Å². The molecule has 0 unspecified atom stereocenters. The van der Waals surface area contributed by atoms with Crippen molar-refractivity contribution in [1.82, 2.24) is 20.1 Å². The van der Waals surface area contributed by atoms with Gasteiger partial charge in [-0.15, -0.1) is 12.4 Å². The van der Waals surface area contributed by atoms with Crippen molar-refractivity contribution in [3.05, 3.63) is 65.5 Å². The average Bonchev–Trinajstić information content (AvgIpc) is 3.48. The Labute approximate surface area is 209 Å². The summed E-state index contributed by atoms with van der Waals surface area (Å²) in [6.07, 6.45) is 6.26. The van der Waals surface area contributed by atoms with E-state index in [9.17, 15) is 18.4 Å². The maximum atomic E-state index is 13.7. The fraction of sp³-hybridized carbons (Fsp3) is 0.480. The smallest absolute Gasteiger partial charge is 0.418 e. The summed E-state index contributed by atoms with van der Waals surface area (Å²) < 4.78 is 32.1. The minimum absolute atomic E-state index is 0. The zero-order valence-electron chi connectivity index (χ0n) is 19.2. The molecule has 3 fully saturated rings. The molecule has 5 rings (SSSR count). The van der Waals surface area contributed by atoms with E-state index in [1.165, 1.54) is 11.8 Å². The first-order valence-electron chi connectivity index (χ1n) is 11.9. The first-order valence-corrected chi connectivity index (χ1v) is 11.9. The molecule has 1 saturated carbocycles. The molecule has 1 N–H and O–H groups in total. The number of nitrogens with one attached hydrogen (secondary N) is 1. The number of hydrogen-bond acceptors (Lipinski definition) is 5. The van der Waals surface area contributed by atoms with E-state index in [-0.39, 0.29) is 25.1 Å². The molecule has 0 bridgehead atoms. The summed E-state index contributed by atoms with van der Waals surface area (Å²) >= 11 is 0. The Morgan fingerprint density at radius 2 is 1.86 bits per heavy atom. The maximum absolute atomic E-state index is 13.7. The first kappa shape index (κ1) is 25.3. The predicted molar refractivity (Wildman–Crippen MR) is 127 cm³/mol. The third-order valence-corrected chi connectivity index (χ3v) is 7.29. The number of halogens is 3. The average molecular weight is 507 g/mol. The van der Waals surface area contributed by atoms with Gasteiger partial charge in [-0.1, -0.05) is 12.1 Å². The van der Waals surface area contributed by atoms with Gasteiger partial charge in [0.25, 0.3) is 0 Å². The molecule has 3 aliphatic rings. The molecule has 2 atom stereocenters. The van der Waals surface area contributed by atoms with Gasteiger partial charge in [0, 0.05) is 43.0 Å². The number of aromatic nitrogens is 1. The number of ether oxygens (including phenoxy) is 1. The lowest BCUT2D eigenvalue weighted by atomic mass is 9.83. The summed E-state index contributed by atoms with van der Waals surface area (Å²) in [7, 11) is 0. The van der Waals surface area contributed by atoms with Crippen LogP contribution in [0.3, 0.4) is 0 Å². The van der Waals surface area contributed by atoms with Crippen LogP contribution in [0.5, 0.6) is 0 Å². The molecule has 7 nitrogen and oxygen atoms in total. The van der Waals surface area contributed by atoms with E-state index in [4.69, 9.17) is 4.74 Å². The third kappa shape index (κ3) is 5.41. The van der Waals surface area contributed by atoms with Crippen molar-refractivity contribution in [2.24, 2.45) is 0 Å². The van der Waals surface area contributed by atoms with Crippen LogP contribution < -0.4 is 5.32 Å². The molecular weight excluding hydrogens is 478 g/mol. The van der Waals surface area contributed by atoms with Gasteiger partial charge in [-0.2, -0.15) is 0 Å². The van der Waals surface area contributed by atoms with E-state index in [0.717, 1.165) is 62.2 Å². The number of hydrogen-bond donors (Lipinski definition) is 1. The highest BCUT2D eigenvalue weighted by Crippen LogP contribution is 2.35. The number of carbonyl (C=O) groups excluding carboxylic acids is 2. The van der Waals surface area contributed by atoms with Crippen LogP contribution in [-0.2, 0) is 4.74 Å². The molecule has 2 aliphatic heterocycles. The number of likely N-dealkylation sites (tertiary alicyclic amines) is 1. The van der Waals surface area contributed by atoms with Gasteiger partial charge < -0.3 is 10.1 Å². The number of nitrogens with zero attached hydrogens (tertiary/aromatic N) is 3. The Kier molecular flexibility index (Phi) is 7.86. The summed E-state index contributed by atoms with van der Waals surface area (Å²) in [6.45, 7) is 1.53. The first-order chi connectivity index (χ1) is 16.5. The fourth-order valence-corrected chi connectivity index (χ4v) is 5.45. The van der Waals surface area contributed by atoms with Crippen molar-refractivity contribution >= 4 is 24.5 Å². The molecule has 3 amide bonds. The number of rotatable bonds is 4. The molecule has 10 heteroatoms. The highest BCUT2D eigenvalue weighted by atomic mass is 35.5. The van der Waals surface area contributed by atoms with E-state index in [1.807, 2.05) is 18.3 Å². The van der Waals surface area contributed by atoms with Gasteiger partial charge in [-0.25, -0.2) is 23.3 Å². The SMILES string of the molecule is Cl.O=C(N[C@@H]1CCN([C@H]2CC[C@H](c3ccccn3)CC2)C1)N1C(=O)OC[C@@H]1c1ccc(F)c(F)c1. The summed E-state index contributed by atoms with van der Waals surface area (Å²) in [5.41, 5.74) is 1.48. The van der Waals surface area contributed by atoms with Gasteiger partial charge in [-0.3, -0.25) is 9.88 Å². The molecule has 2 saturated heterocycles. The number of carbonyl (C=O) groups is 2. The number of urea groups is 1. The van der Waals surface area contributed by atoms with Crippen molar-refractivity contribution in [2.75, 3.05) is 19.7 Å². The molecule has 1 aromatic carbocycles. The van der Waals surface area contributed by atoms with Crippen molar-refractivity contribution in [1.29, 1.82) is 0 Å². The van der Waals surface area contributed by atoms with Gasteiger partial charge in [0.1, 0.15) is 12.6 Å². The van der Waals surface area contributed by atoms with E-state index in [0.29, 0.717) is 17.5 Å². The van der Waals surface area contributed by atoms with Crippen molar-refractivity contribution in [3.63, 3.8) is 0 Å². The lowest BCUT2D eigenvalue weighted by molar-refractivity contribution is 0.155. The zero-order valence-corrected chi connectivity index (χ0v) is 20.1. The van der Waals surface area contributed by atoms with E-state index in [1.54, 1.807) is 0 Å². The summed E-state index contributed by atoms with van der Waals surface area (Å²) in [6, 6.07) is 8.47. The van der Waals surface area contributed by atoms with Crippen LogP contribution in [0.2, 0.25) is 0 Å². The summed E-state index contributed by atoms with van der Waals surface area (Å²) in [4.78, 5) is 33.1. The standard InChI is InChI=1S/C25H28F2N4O3.ClH/c26-20-9-6-17(13-21(20)27)23-15-34-25(33)31(23)24(32)29-18-10-12-30(14-18)19-7-4-16(5-8-19)22-3-1-2-11-28-22;/h1-3,6,9,11,13,16,18-19,23H,4-5,7-8,10,12,14-15H2,(H,29,32);1H/t16-,18-,19-,23-;/m1./s1. The van der Waals surface area contributed by atoms with Gasteiger partial charge in [-0.05, 0) is 61.9 Å². The molecular formula is C25H29ClF2N4O3. The largest absolute Gasteiger partial charge is 0.446 e. The van der Waals surface area contributed by atoms with E-state index >= 15 is 0 Å². The predicted octanol–water partition coefficient (Wildman–Crippen LogP) is 4.79. The number of benzene rings is 1. The summed E-state index contributed by atoms with van der Waals surface area (Å²) in [5.74, 6) is -1.50. The lowest BCUT2D eigenvalue weighted by Gasteiger charge is -2.34. The lowest BCUT2D eigenvalue weighted by Crippen LogP contribution is -2.47. The quantitative estimate of drug-likeness (QED) is 0.645. The van der Waals surface area contributed by atoms with Crippen molar-refractivity contribution in [2.45, 2.75) is 56.1 Å². The topological polar surface area (TPSA) is 74.8 Å². The van der Waals surface area contributed by atoms with E-state index < -0.39 is 29.8 Å². The van der Waals surface area contributed by atoms with E-state index in [2.05, 4.69) is 21.3 Å². The van der Waals surface area contributed by atoms with Gasteiger partial charge in [0.2, 0.25) is 0 Å². The number of pyridine rings is 1.